The molecule has 0 atom stereocenters. The number of nitrogens with zero attached hydrogens (tertiary/aromatic N) is 2. The Labute approximate surface area is 109 Å². The molecule has 1 rings (SSSR count). The van der Waals surface area contributed by atoms with Gasteiger partial charge in [0.15, 0.2) is 0 Å². The highest BCUT2D eigenvalue weighted by Crippen LogP contribution is 2.16. The summed E-state index contributed by atoms with van der Waals surface area (Å²) in [7, 11) is -1.04. The third-order valence-corrected chi connectivity index (χ3v) is 2.06. The maximum absolute atomic E-state index is 11.3. The molecule has 1 aromatic heterocycles. The van der Waals surface area contributed by atoms with E-state index in [2.05, 4.69) is 21.5 Å². The van der Waals surface area contributed by atoms with E-state index in [1.165, 1.54) is 20.3 Å². The van der Waals surface area contributed by atoms with E-state index < -0.39 is 16.1 Å². The van der Waals surface area contributed by atoms with E-state index in [1.54, 1.807) is 4.83 Å². The first-order valence-corrected chi connectivity index (χ1v) is 6.38. The first-order chi connectivity index (χ1) is 8.84. The van der Waals surface area contributed by atoms with E-state index >= 15 is 0 Å². The van der Waals surface area contributed by atoms with E-state index in [-0.39, 0.29) is 17.7 Å². The van der Waals surface area contributed by atoms with Crippen molar-refractivity contribution in [3.05, 3.63) is 12.3 Å². The summed E-state index contributed by atoms with van der Waals surface area (Å²) in [6.45, 7) is 0. The van der Waals surface area contributed by atoms with Crippen LogP contribution in [0.15, 0.2) is 6.07 Å². The molecule has 105 valence electrons. The molecule has 19 heavy (non-hydrogen) atoms. The second-order valence-electron chi connectivity index (χ2n) is 3.07. The van der Waals surface area contributed by atoms with Crippen LogP contribution < -0.4 is 25.0 Å². The molecule has 0 unspecified atom stereocenters. The van der Waals surface area contributed by atoms with Gasteiger partial charge in [0.25, 0.3) is 0 Å². The van der Waals surface area contributed by atoms with Crippen molar-refractivity contribution in [1.82, 2.24) is 20.2 Å². The highest BCUT2D eigenvalue weighted by Gasteiger charge is 2.10. The minimum atomic E-state index is -3.80. The maximum Gasteiger partial charge on any atom is 0.336 e. The molecule has 1 heterocycles. The summed E-state index contributed by atoms with van der Waals surface area (Å²) < 4.78 is 31.0. The van der Waals surface area contributed by atoms with E-state index in [9.17, 15) is 13.2 Å². The van der Waals surface area contributed by atoms with Crippen LogP contribution in [-0.2, 0) is 10.0 Å². The lowest BCUT2D eigenvalue weighted by Crippen LogP contribution is -2.42. The van der Waals surface area contributed by atoms with E-state index in [0.29, 0.717) is 0 Å². The second-order valence-corrected chi connectivity index (χ2v) is 4.51. The Kier molecular flexibility index (Phi) is 4.83. The molecule has 0 saturated heterocycles. The standard InChI is InChI=1S/C8H12N5O5S/c1-17-5-4-6(18-2)10-7(9-5)11-8(14)12-13-19(3,15)16/h4,13H,3H2,1-2H3,(H2,9,10,11,12,14). The maximum atomic E-state index is 11.3. The van der Waals surface area contributed by atoms with E-state index in [1.807, 2.05) is 5.43 Å². The number of ether oxygens (including phenoxy) is 2. The van der Waals surface area contributed by atoms with Crippen LogP contribution in [0.3, 0.4) is 0 Å². The van der Waals surface area contributed by atoms with Gasteiger partial charge in [-0.1, -0.05) is 0 Å². The smallest absolute Gasteiger partial charge is 0.336 e. The summed E-state index contributed by atoms with van der Waals surface area (Å²) in [6.07, 6.45) is 2.75. The molecule has 0 aromatic carbocycles. The SMILES string of the molecule is [CH2]S(=O)(=O)NNC(=O)Nc1nc(OC)cc(OC)n1. The average Bonchev–Trinajstić information content (AvgIpc) is 2.35. The molecule has 11 heteroatoms. The number of aromatic nitrogens is 2. The van der Waals surface area contributed by atoms with Crippen molar-refractivity contribution in [2.45, 2.75) is 0 Å². The number of hydrogen-bond donors (Lipinski definition) is 3. The predicted octanol–water partition coefficient (Wildman–Crippen LogP) is -0.759. The third-order valence-electron chi connectivity index (χ3n) is 1.64. The number of urea groups is 1. The van der Waals surface area contributed by atoms with Crippen molar-refractivity contribution in [1.29, 1.82) is 0 Å². The van der Waals surface area contributed by atoms with Gasteiger partial charge in [-0.05, 0) is 0 Å². The lowest BCUT2D eigenvalue weighted by molar-refractivity contribution is 0.250. The Morgan fingerprint density at radius 1 is 1.26 bits per heavy atom. The van der Waals surface area contributed by atoms with Gasteiger partial charge in [-0.15, -0.1) is 4.83 Å². The number of hydrogen-bond acceptors (Lipinski definition) is 7. The fraction of sp³-hybridized carbons (Fsp3) is 0.250. The fourth-order valence-corrected chi connectivity index (χ4v) is 1.17. The highest BCUT2D eigenvalue weighted by molar-refractivity contribution is 7.90. The van der Waals surface area contributed by atoms with Crippen LogP contribution >= 0.6 is 0 Å². The minimum absolute atomic E-state index is 0.128. The molecular formula is C8H12N5O5S. The van der Waals surface area contributed by atoms with Crippen molar-refractivity contribution in [2.75, 3.05) is 19.5 Å². The Bertz CT molecular complexity index is 538. The molecule has 1 aromatic rings. The molecule has 2 amide bonds. The number of anilines is 1. The Balaban J connectivity index is 2.73. The lowest BCUT2D eigenvalue weighted by Gasteiger charge is -2.08. The summed E-state index contributed by atoms with van der Waals surface area (Å²) in [4.78, 5) is 20.6. The van der Waals surface area contributed by atoms with Gasteiger partial charge in [0, 0.05) is 0 Å². The summed E-state index contributed by atoms with van der Waals surface area (Å²) in [5.41, 5.74) is 1.83. The second kappa shape index (κ2) is 6.15. The Morgan fingerprint density at radius 3 is 2.21 bits per heavy atom. The largest absolute Gasteiger partial charge is 0.481 e. The monoisotopic (exact) mass is 290 g/mol. The van der Waals surface area contributed by atoms with Crippen molar-refractivity contribution in [3.63, 3.8) is 0 Å². The van der Waals surface area contributed by atoms with Crippen molar-refractivity contribution in [2.24, 2.45) is 0 Å². The predicted molar refractivity (Wildman–Crippen MR) is 64.7 cm³/mol. The fourth-order valence-electron chi connectivity index (χ4n) is 0.926. The topological polar surface area (TPSA) is 132 Å². The van der Waals surface area contributed by atoms with Gasteiger partial charge in [-0.25, -0.2) is 13.2 Å². The number of sulfonamides is 1. The molecule has 0 saturated carbocycles. The van der Waals surface area contributed by atoms with Crippen LogP contribution in [0.4, 0.5) is 10.7 Å². The molecule has 0 aliphatic carbocycles. The zero-order valence-corrected chi connectivity index (χ0v) is 10.9. The lowest BCUT2D eigenvalue weighted by atomic mass is 10.6. The van der Waals surface area contributed by atoms with E-state index in [4.69, 9.17) is 9.47 Å². The number of rotatable bonds is 5. The highest BCUT2D eigenvalue weighted by atomic mass is 32.2. The van der Waals surface area contributed by atoms with Crippen LogP contribution in [0.5, 0.6) is 11.8 Å². The average molecular weight is 290 g/mol. The van der Waals surface area contributed by atoms with E-state index in [0.717, 1.165) is 0 Å². The molecule has 0 spiro atoms. The molecule has 10 nitrogen and oxygen atoms in total. The summed E-state index contributed by atoms with van der Waals surface area (Å²) in [5.74, 6) is 0.205. The first kappa shape index (κ1) is 14.9. The number of carbonyl (C=O) groups is 1. The van der Waals surface area contributed by atoms with Crippen molar-refractivity contribution < 1.29 is 22.7 Å². The first-order valence-electron chi connectivity index (χ1n) is 4.73. The molecule has 1 radical (unpaired) electrons. The quantitative estimate of drug-likeness (QED) is 0.607. The number of amides is 2. The minimum Gasteiger partial charge on any atom is -0.481 e. The third kappa shape index (κ3) is 5.35. The normalized spacial score (nSPS) is 10.7. The van der Waals surface area contributed by atoms with Crippen molar-refractivity contribution in [3.8, 4) is 11.8 Å². The number of nitrogens with one attached hydrogen (secondary N) is 3. The van der Waals surface area contributed by atoms with Crippen molar-refractivity contribution >= 4 is 22.0 Å². The zero-order valence-electron chi connectivity index (χ0n) is 10.1. The van der Waals surface area contributed by atoms with Gasteiger partial charge in [0.1, 0.15) is 0 Å². The molecule has 3 N–H and O–H groups in total. The summed E-state index contributed by atoms with van der Waals surface area (Å²) >= 11 is 0. The Morgan fingerprint density at radius 2 is 1.79 bits per heavy atom. The van der Waals surface area contributed by atoms with Gasteiger partial charge in [-0.3, -0.25) is 10.7 Å². The molecule has 0 aliphatic rings. The van der Waals surface area contributed by atoms with Gasteiger partial charge in [0.05, 0.1) is 26.5 Å². The van der Waals surface area contributed by atoms with Crippen LogP contribution in [0, 0.1) is 6.26 Å². The molecule has 0 fully saturated rings. The van der Waals surface area contributed by atoms with Crippen LogP contribution in [-0.4, -0.2) is 38.6 Å². The summed E-state index contributed by atoms with van der Waals surface area (Å²) in [6, 6.07) is 0.504. The van der Waals surface area contributed by atoms with Crippen LogP contribution in [0.1, 0.15) is 0 Å². The molecule has 0 bridgehead atoms. The molecule has 0 aliphatic heterocycles. The number of hydrazine groups is 1. The van der Waals surface area contributed by atoms with Gasteiger partial charge < -0.3 is 9.47 Å². The molecular weight excluding hydrogens is 278 g/mol. The van der Waals surface area contributed by atoms with Gasteiger partial charge in [-0.2, -0.15) is 9.97 Å². The zero-order chi connectivity index (χ0) is 14.5. The van der Waals surface area contributed by atoms with Crippen LogP contribution in [0.25, 0.3) is 0 Å². The summed E-state index contributed by atoms with van der Waals surface area (Å²) in [5, 5.41) is 2.18. The number of carbonyl (C=O) groups excluding carboxylic acids is 1. The Hall–Kier alpha value is -2.14. The van der Waals surface area contributed by atoms with Crippen LogP contribution in [0.2, 0.25) is 0 Å². The van der Waals surface area contributed by atoms with Gasteiger partial charge >= 0.3 is 6.03 Å². The van der Waals surface area contributed by atoms with Gasteiger partial charge in [0.2, 0.25) is 27.7 Å². The number of methoxy groups -OCH3 is 2.